The number of anilines is 1. The van der Waals surface area contributed by atoms with Crippen LogP contribution in [-0.2, 0) is 0 Å². The zero-order chi connectivity index (χ0) is 14.9. The summed E-state index contributed by atoms with van der Waals surface area (Å²) in [6, 6.07) is 3.95. The molecule has 0 unspecified atom stereocenters. The number of aromatic carboxylic acids is 1. The molecule has 1 aromatic heterocycles. The molecule has 0 bridgehead atoms. The second-order valence-corrected chi connectivity index (χ2v) is 4.26. The molecule has 1 N–H and O–H groups in total. The topological polar surface area (TPSA) is 75.8 Å². The number of aromatic nitrogens is 1. The van der Waals surface area contributed by atoms with E-state index in [0.29, 0.717) is 5.56 Å². The van der Waals surface area contributed by atoms with Gasteiger partial charge in [-0.05, 0) is 18.2 Å². The highest BCUT2D eigenvalue weighted by Crippen LogP contribution is 2.33. The summed E-state index contributed by atoms with van der Waals surface area (Å²) in [5, 5.41) is 13.0. The van der Waals surface area contributed by atoms with Crippen molar-refractivity contribution in [1.29, 1.82) is 0 Å². The number of methoxy groups -OCH3 is 1. The molecule has 7 heteroatoms. The molecule has 2 rings (SSSR count). The first-order valence-electron chi connectivity index (χ1n) is 5.70. The van der Waals surface area contributed by atoms with Crippen LogP contribution in [0.25, 0.3) is 11.3 Å². The number of ether oxygens (including phenoxy) is 1. The van der Waals surface area contributed by atoms with Gasteiger partial charge in [-0.25, -0.2) is 9.18 Å². The highest BCUT2D eigenvalue weighted by molar-refractivity contribution is 5.99. The van der Waals surface area contributed by atoms with Crippen molar-refractivity contribution in [2.75, 3.05) is 26.1 Å². The summed E-state index contributed by atoms with van der Waals surface area (Å²) in [4.78, 5) is 12.9. The van der Waals surface area contributed by atoms with Gasteiger partial charge in [-0.3, -0.25) is 0 Å². The molecule has 0 aliphatic rings. The quantitative estimate of drug-likeness (QED) is 0.925. The van der Waals surface area contributed by atoms with Gasteiger partial charge in [0.15, 0.2) is 28.7 Å². The van der Waals surface area contributed by atoms with E-state index in [1.54, 1.807) is 14.1 Å². The molecule has 106 valence electrons. The Morgan fingerprint density at radius 3 is 2.70 bits per heavy atom. The van der Waals surface area contributed by atoms with Crippen molar-refractivity contribution in [2.45, 2.75) is 0 Å². The summed E-state index contributed by atoms with van der Waals surface area (Å²) in [6.07, 6.45) is 0. The lowest BCUT2D eigenvalue weighted by Gasteiger charge is -2.08. The highest BCUT2D eigenvalue weighted by atomic mass is 19.1. The molecule has 0 spiro atoms. The first kappa shape index (κ1) is 13.9. The van der Waals surface area contributed by atoms with Gasteiger partial charge in [-0.15, -0.1) is 0 Å². The van der Waals surface area contributed by atoms with E-state index in [0.717, 1.165) is 0 Å². The van der Waals surface area contributed by atoms with Crippen LogP contribution in [0.1, 0.15) is 10.4 Å². The number of hydrogen-bond acceptors (Lipinski definition) is 5. The van der Waals surface area contributed by atoms with Crippen LogP contribution in [0.5, 0.6) is 5.75 Å². The fourth-order valence-corrected chi connectivity index (χ4v) is 1.78. The molecule has 2 aromatic rings. The van der Waals surface area contributed by atoms with Crippen LogP contribution in [-0.4, -0.2) is 37.4 Å². The maximum absolute atomic E-state index is 13.4. The van der Waals surface area contributed by atoms with Crippen molar-refractivity contribution in [1.82, 2.24) is 5.16 Å². The Morgan fingerprint density at radius 2 is 2.15 bits per heavy atom. The molecule has 0 saturated carbocycles. The van der Waals surface area contributed by atoms with Gasteiger partial charge >= 0.3 is 5.97 Å². The first-order valence-corrected chi connectivity index (χ1v) is 5.70. The third-order valence-corrected chi connectivity index (χ3v) is 2.72. The number of carboxylic acids is 1. The van der Waals surface area contributed by atoms with Crippen molar-refractivity contribution in [3.63, 3.8) is 0 Å². The van der Waals surface area contributed by atoms with E-state index in [1.165, 1.54) is 30.2 Å². The zero-order valence-electron chi connectivity index (χ0n) is 11.2. The van der Waals surface area contributed by atoms with Crippen molar-refractivity contribution in [3.8, 4) is 17.1 Å². The Labute approximate surface area is 114 Å². The Bertz CT molecular complexity index is 652. The number of benzene rings is 1. The maximum Gasteiger partial charge on any atom is 0.343 e. The zero-order valence-corrected chi connectivity index (χ0v) is 11.2. The van der Waals surface area contributed by atoms with E-state index < -0.39 is 11.8 Å². The molecule has 0 aliphatic carbocycles. The van der Waals surface area contributed by atoms with Gasteiger partial charge < -0.3 is 19.3 Å². The second kappa shape index (κ2) is 5.20. The van der Waals surface area contributed by atoms with Gasteiger partial charge in [0.25, 0.3) is 0 Å². The SMILES string of the molecule is COc1cc(-c2onc(N(C)C)c2C(=O)O)ccc1F. The number of carbonyl (C=O) groups is 1. The highest BCUT2D eigenvalue weighted by Gasteiger charge is 2.25. The molecule has 0 saturated heterocycles. The van der Waals surface area contributed by atoms with Crippen LogP contribution in [0, 0.1) is 5.82 Å². The van der Waals surface area contributed by atoms with Crippen molar-refractivity contribution in [3.05, 3.63) is 29.6 Å². The Kier molecular flexibility index (Phi) is 3.60. The molecule has 1 heterocycles. The van der Waals surface area contributed by atoms with Gasteiger partial charge in [-0.2, -0.15) is 0 Å². The standard InChI is InChI=1S/C13H13FN2O4/c1-16(2)12-10(13(17)18)11(20-15-12)7-4-5-8(14)9(6-7)19-3/h4-6H,1-3H3,(H,17,18). The fraction of sp³-hybridized carbons (Fsp3) is 0.231. The number of rotatable bonds is 4. The fourth-order valence-electron chi connectivity index (χ4n) is 1.78. The first-order chi connectivity index (χ1) is 9.45. The van der Waals surface area contributed by atoms with Gasteiger partial charge in [0.2, 0.25) is 0 Å². The molecule has 1 aromatic carbocycles. The normalized spacial score (nSPS) is 10.4. The van der Waals surface area contributed by atoms with Crippen molar-refractivity contribution in [2.24, 2.45) is 0 Å². The van der Waals surface area contributed by atoms with Crippen molar-refractivity contribution < 1.29 is 23.6 Å². The van der Waals surface area contributed by atoms with Crippen LogP contribution in [0.2, 0.25) is 0 Å². The van der Waals surface area contributed by atoms with Crippen LogP contribution < -0.4 is 9.64 Å². The van der Waals surface area contributed by atoms with Crippen LogP contribution >= 0.6 is 0 Å². The smallest absolute Gasteiger partial charge is 0.343 e. The lowest BCUT2D eigenvalue weighted by atomic mass is 10.1. The van der Waals surface area contributed by atoms with Gasteiger partial charge in [0.05, 0.1) is 7.11 Å². The number of halogens is 1. The van der Waals surface area contributed by atoms with Gasteiger partial charge in [0, 0.05) is 19.7 Å². The third kappa shape index (κ3) is 2.29. The monoisotopic (exact) mass is 280 g/mol. The average molecular weight is 280 g/mol. The minimum Gasteiger partial charge on any atom is -0.494 e. The molecule has 6 nitrogen and oxygen atoms in total. The largest absolute Gasteiger partial charge is 0.494 e. The van der Waals surface area contributed by atoms with E-state index in [2.05, 4.69) is 5.16 Å². The van der Waals surface area contributed by atoms with Crippen LogP contribution in [0.3, 0.4) is 0 Å². The predicted octanol–water partition coefficient (Wildman–Crippen LogP) is 2.25. The van der Waals surface area contributed by atoms with E-state index in [-0.39, 0.29) is 22.9 Å². The molecular weight excluding hydrogens is 267 g/mol. The minimum atomic E-state index is -1.17. The molecule has 0 fully saturated rings. The number of nitrogens with zero attached hydrogens (tertiary/aromatic N) is 2. The Balaban J connectivity index is 2.61. The summed E-state index contributed by atoms with van der Waals surface area (Å²) < 4.78 is 23.3. The lowest BCUT2D eigenvalue weighted by Crippen LogP contribution is -2.13. The summed E-state index contributed by atoms with van der Waals surface area (Å²) in [7, 11) is 4.63. The van der Waals surface area contributed by atoms with Gasteiger partial charge in [0.1, 0.15) is 0 Å². The van der Waals surface area contributed by atoms with E-state index in [4.69, 9.17) is 9.26 Å². The summed E-state index contributed by atoms with van der Waals surface area (Å²) in [5.74, 6) is -1.47. The van der Waals surface area contributed by atoms with Gasteiger partial charge in [-0.1, -0.05) is 5.16 Å². The molecule has 0 radical (unpaired) electrons. The average Bonchev–Trinajstić information content (AvgIpc) is 2.84. The molecule has 0 amide bonds. The van der Waals surface area contributed by atoms with E-state index in [1.807, 2.05) is 0 Å². The summed E-state index contributed by atoms with van der Waals surface area (Å²) in [5.41, 5.74) is 0.296. The van der Waals surface area contributed by atoms with E-state index >= 15 is 0 Å². The summed E-state index contributed by atoms with van der Waals surface area (Å²) in [6.45, 7) is 0. The molecule has 0 atom stereocenters. The van der Waals surface area contributed by atoms with Crippen LogP contribution in [0.15, 0.2) is 22.7 Å². The third-order valence-electron chi connectivity index (χ3n) is 2.72. The molecule has 0 aliphatic heterocycles. The second-order valence-electron chi connectivity index (χ2n) is 4.26. The van der Waals surface area contributed by atoms with Crippen molar-refractivity contribution >= 4 is 11.8 Å². The Hall–Kier alpha value is -2.57. The van der Waals surface area contributed by atoms with E-state index in [9.17, 15) is 14.3 Å². The molecule has 20 heavy (non-hydrogen) atoms. The Morgan fingerprint density at radius 1 is 1.45 bits per heavy atom. The number of hydrogen-bond donors (Lipinski definition) is 1. The predicted molar refractivity (Wildman–Crippen MR) is 69.7 cm³/mol. The maximum atomic E-state index is 13.4. The molecular formula is C13H13FN2O4. The van der Waals surface area contributed by atoms with Crippen LogP contribution in [0.4, 0.5) is 10.2 Å². The minimum absolute atomic E-state index is 0.00152. The summed E-state index contributed by atoms with van der Waals surface area (Å²) >= 11 is 0. The number of carboxylic acid groups (broad SMARTS) is 1. The lowest BCUT2D eigenvalue weighted by molar-refractivity contribution is 0.0698.